The first-order valence-electron chi connectivity index (χ1n) is 14.3. The first-order chi connectivity index (χ1) is 19.1. The van der Waals surface area contributed by atoms with Gasteiger partial charge in [0, 0.05) is 12.0 Å². The molecule has 3 rings (SSSR count). The van der Waals surface area contributed by atoms with E-state index in [9.17, 15) is 19.2 Å². The van der Waals surface area contributed by atoms with Crippen LogP contribution in [0, 0.1) is 11.3 Å². The average Bonchev–Trinajstić information content (AvgIpc) is 2.96. The quantitative estimate of drug-likeness (QED) is 0.181. The molecule has 2 aliphatic rings. The molecule has 2 aliphatic heterocycles. The van der Waals surface area contributed by atoms with Crippen molar-refractivity contribution < 1.29 is 28.7 Å². The summed E-state index contributed by atoms with van der Waals surface area (Å²) in [6.45, 7) is 13.7. The molecule has 8 nitrogen and oxygen atoms in total. The fourth-order valence-electron chi connectivity index (χ4n) is 5.27. The number of Topliss-reactive ketones (excluding diaryl/α,β-unsaturated/α-hetero) is 1. The molecule has 218 valence electrons. The van der Waals surface area contributed by atoms with Crippen LogP contribution in [-0.4, -0.2) is 71.3 Å². The molecule has 2 heterocycles. The Kier molecular flexibility index (Phi) is 11.3. The normalized spacial score (nSPS) is 19.8. The summed E-state index contributed by atoms with van der Waals surface area (Å²) in [7, 11) is 0. The first-order valence-corrected chi connectivity index (χ1v) is 14.3. The molecule has 3 atom stereocenters. The van der Waals surface area contributed by atoms with Gasteiger partial charge in [0.05, 0.1) is 25.1 Å². The third-order valence-electron chi connectivity index (χ3n) is 8.10. The van der Waals surface area contributed by atoms with Gasteiger partial charge in [0.1, 0.15) is 18.8 Å². The van der Waals surface area contributed by atoms with Crippen molar-refractivity contribution in [1.29, 1.82) is 0 Å². The third kappa shape index (κ3) is 7.68. The predicted molar refractivity (Wildman–Crippen MR) is 153 cm³/mol. The number of benzene rings is 1. The number of hydrogen-bond donors (Lipinski definition) is 0. The van der Waals surface area contributed by atoms with Crippen molar-refractivity contribution in [3.8, 4) is 0 Å². The number of esters is 1. The van der Waals surface area contributed by atoms with Crippen LogP contribution >= 0.6 is 0 Å². The second-order valence-electron chi connectivity index (χ2n) is 11.4. The summed E-state index contributed by atoms with van der Waals surface area (Å²) in [5.41, 5.74) is 0.187. The predicted octanol–water partition coefficient (Wildman–Crippen LogP) is 4.48. The van der Waals surface area contributed by atoms with Crippen molar-refractivity contribution in [1.82, 2.24) is 9.80 Å². The lowest BCUT2D eigenvalue weighted by atomic mass is 9.82. The number of ether oxygens (including phenoxy) is 2. The van der Waals surface area contributed by atoms with E-state index in [0.717, 1.165) is 18.4 Å². The molecule has 0 aliphatic carbocycles. The Bertz CT molecular complexity index is 1060. The van der Waals surface area contributed by atoms with E-state index >= 15 is 0 Å². The van der Waals surface area contributed by atoms with Gasteiger partial charge in [0.25, 0.3) is 5.91 Å². The highest BCUT2D eigenvalue weighted by Crippen LogP contribution is 2.32. The minimum atomic E-state index is -0.777. The van der Waals surface area contributed by atoms with Crippen molar-refractivity contribution in [3.63, 3.8) is 0 Å². The molecular formula is C32H44N2O6. The van der Waals surface area contributed by atoms with Crippen molar-refractivity contribution >= 4 is 23.6 Å². The maximum atomic E-state index is 13.7. The maximum Gasteiger partial charge on any atom is 0.309 e. The number of hydrogen-bond acceptors (Lipinski definition) is 6. The summed E-state index contributed by atoms with van der Waals surface area (Å²) in [5.74, 6) is -1.93. The number of amides is 2. The lowest BCUT2D eigenvalue weighted by Crippen LogP contribution is -2.67. The van der Waals surface area contributed by atoms with Gasteiger partial charge < -0.3 is 19.3 Å². The molecule has 2 bridgehead atoms. The molecule has 1 aromatic rings. The number of nitrogens with zero attached hydrogens (tertiary/aromatic N) is 2. The van der Waals surface area contributed by atoms with Gasteiger partial charge >= 0.3 is 5.97 Å². The van der Waals surface area contributed by atoms with Crippen LogP contribution in [0.25, 0.3) is 0 Å². The highest BCUT2D eigenvalue weighted by atomic mass is 16.6. The number of carbonyl (C=O) groups is 4. The number of piperazine rings is 1. The van der Waals surface area contributed by atoms with E-state index < -0.39 is 29.3 Å². The molecular weight excluding hydrogens is 508 g/mol. The van der Waals surface area contributed by atoms with Gasteiger partial charge in [-0.3, -0.25) is 19.2 Å². The zero-order chi connectivity index (χ0) is 29.3. The molecule has 8 heteroatoms. The van der Waals surface area contributed by atoms with Gasteiger partial charge in [-0.1, -0.05) is 63.3 Å². The van der Waals surface area contributed by atoms with Crippen LogP contribution < -0.4 is 0 Å². The fourth-order valence-corrected chi connectivity index (χ4v) is 5.27. The Morgan fingerprint density at radius 1 is 1.10 bits per heavy atom. The Hall–Kier alpha value is -3.26. The molecule has 3 unspecified atom stereocenters. The Morgan fingerprint density at radius 2 is 1.77 bits per heavy atom. The SMILES string of the molecule is C=CCC(CC=C)C(=O)OCC(CN1CC2CCCC(C1=O)N2C(=O)C(=O)C(C)(C)CC)OCc1ccccc1. The standard InChI is InChI=1S/C32H44N2O6/c1-6-13-24(14-7-2)31(38)40-22-26(39-21-23-15-10-9-11-16-23)20-33-19-25-17-12-18-27(29(33)36)34(25)30(37)28(35)32(4,5)8-3/h6-7,9-11,15-16,24-27H,1-2,8,12-14,17-22H2,3-5H3. The number of rotatable bonds is 15. The molecule has 0 spiro atoms. The highest BCUT2D eigenvalue weighted by Gasteiger charge is 2.48. The van der Waals surface area contributed by atoms with Crippen LogP contribution in [0.2, 0.25) is 0 Å². The molecule has 0 radical (unpaired) electrons. The summed E-state index contributed by atoms with van der Waals surface area (Å²) in [6, 6.07) is 8.76. The van der Waals surface area contributed by atoms with Crippen LogP contribution in [-0.2, 0) is 35.3 Å². The minimum Gasteiger partial charge on any atom is -0.463 e. The number of piperidine rings is 1. The number of carbonyl (C=O) groups excluding carboxylic acids is 4. The zero-order valence-corrected chi connectivity index (χ0v) is 24.2. The van der Waals surface area contributed by atoms with Crippen LogP contribution in [0.15, 0.2) is 55.6 Å². The van der Waals surface area contributed by atoms with E-state index in [4.69, 9.17) is 9.47 Å². The Labute approximate surface area is 238 Å². The molecule has 0 saturated carbocycles. The maximum absolute atomic E-state index is 13.7. The van der Waals surface area contributed by atoms with Gasteiger partial charge in [-0.15, -0.1) is 13.2 Å². The molecule has 2 amide bonds. The first kappa shape index (κ1) is 31.3. The molecule has 2 fully saturated rings. The second-order valence-corrected chi connectivity index (χ2v) is 11.4. The summed E-state index contributed by atoms with van der Waals surface area (Å²) in [4.78, 5) is 56.0. The lowest BCUT2D eigenvalue weighted by Gasteiger charge is -2.49. The number of likely N-dealkylation sites (tertiary alicyclic amines) is 1. The van der Waals surface area contributed by atoms with Crippen molar-refractivity contribution in [3.05, 3.63) is 61.2 Å². The smallest absolute Gasteiger partial charge is 0.309 e. The summed E-state index contributed by atoms with van der Waals surface area (Å²) in [5, 5.41) is 0. The zero-order valence-electron chi connectivity index (χ0n) is 24.2. The van der Waals surface area contributed by atoms with Gasteiger partial charge in [-0.2, -0.15) is 0 Å². The number of allylic oxidation sites excluding steroid dienone is 2. The summed E-state index contributed by atoms with van der Waals surface area (Å²) < 4.78 is 11.8. The molecule has 2 saturated heterocycles. The number of ketones is 1. The highest BCUT2D eigenvalue weighted by molar-refractivity contribution is 6.38. The van der Waals surface area contributed by atoms with E-state index in [0.29, 0.717) is 38.8 Å². The molecule has 40 heavy (non-hydrogen) atoms. The van der Waals surface area contributed by atoms with Crippen molar-refractivity contribution in [2.75, 3.05) is 19.7 Å². The van der Waals surface area contributed by atoms with E-state index in [2.05, 4.69) is 13.2 Å². The fraction of sp³-hybridized carbons (Fsp3) is 0.562. The van der Waals surface area contributed by atoms with Crippen LogP contribution in [0.3, 0.4) is 0 Å². The van der Waals surface area contributed by atoms with Gasteiger partial charge in [0.15, 0.2) is 0 Å². The summed E-state index contributed by atoms with van der Waals surface area (Å²) >= 11 is 0. The largest absolute Gasteiger partial charge is 0.463 e. The molecule has 1 aromatic carbocycles. The molecule has 0 N–H and O–H groups in total. The van der Waals surface area contributed by atoms with E-state index in [1.807, 2.05) is 37.3 Å². The van der Waals surface area contributed by atoms with E-state index in [-0.39, 0.29) is 37.0 Å². The lowest BCUT2D eigenvalue weighted by molar-refractivity contribution is -0.167. The topological polar surface area (TPSA) is 93.2 Å². The van der Waals surface area contributed by atoms with E-state index in [1.54, 1.807) is 30.9 Å². The van der Waals surface area contributed by atoms with Crippen LogP contribution in [0.1, 0.15) is 64.9 Å². The Balaban J connectivity index is 1.74. The monoisotopic (exact) mass is 552 g/mol. The van der Waals surface area contributed by atoms with Gasteiger partial charge in [-0.05, 0) is 44.1 Å². The van der Waals surface area contributed by atoms with Crippen LogP contribution in [0.4, 0.5) is 0 Å². The minimum absolute atomic E-state index is 0.0125. The molecule has 0 aromatic heterocycles. The van der Waals surface area contributed by atoms with Gasteiger partial charge in [0.2, 0.25) is 11.7 Å². The Morgan fingerprint density at radius 3 is 2.40 bits per heavy atom. The number of fused-ring (bicyclic) bond motifs is 2. The third-order valence-corrected chi connectivity index (χ3v) is 8.10. The van der Waals surface area contributed by atoms with Crippen molar-refractivity contribution in [2.45, 2.75) is 84.1 Å². The van der Waals surface area contributed by atoms with Gasteiger partial charge in [-0.25, -0.2) is 0 Å². The second kappa shape index (κ2) is 14.4. The summed E-state index contributed by atoms with van der Waals surface area (Å²) in [6.07, 6.45) is 6.37. The average molecular weight is 553 g/mol. The van der Waals surface area contributed by atoms with E-state index in [1.165, 1.54) is 4.90 Å². The van der Waals surface area contributed by atoms with Crippen LogP contribution in [0.5, 0.6) is 0 Å². The van der Waals surface area contributed by atoms with Crippen molar-refractivity contribution in [2.24, 2.45) is 11.3 Å².